The molecule has 3 aromatic carbocycles. The van der Waals surface area contributed by atoms with Crippen LogP contribution in [0.25, 0.3) is 0 Å². The predicted octanol–water partition coefficient (Wildman–Crippen LogP) is 4.16. The first kappa shape index (κ1) is 19.9. The van der Waals surface area contributed by atoms with Crippen LogP contribution in [0.1, 0.15) is 31.8 Å². The molecule has 3 rings (SSSR count). The van der Waals surface area contributed by atoms with Crippen LogP contribution in [0, 0.1) is 12.7 Å². The Morgan fingerprint density at radius 3 is 2.14 bits per heavy atom. The number of ether oxygens (including phenoxy) is 1. The van der Waals surface area contributed by atoms with E-state index in [9.17, 15) is 18.8 Å². The first-order valence-electron chi connectivity index (χ1n) is 8.87. The number of hydrogen-bond donors (Lipinski definition) is 1. The van der Waals surface area contributed by atoms with Crippen molar-refractivity contribution in [3.8, 4) is 0 Å². The highest BCUT2D eigenvalue weighted by atomic mass is 19.1. The van der Waals surface area contributed by atoms with Crippen LogP contribution in [-0.4, -0.2) is 24.3 Å². The van der Waals surface area contributed by atoms with Crippen molar-refractivity contribution >= 4 is 23.3 Å². The molecule has 5 nitrogen and oxygen atoms in total. The van der Waals surface area contributed by atoms with Crippen LogP contribution in [0.5, 0.6) is 0 Å². The second-order valence-electron chi connectivity index (χ2n) is 6.36. The predicted molar refractivity (Wildman–Crippen MR) is 106 cm³/mol. The van der Waals surface area contributed by atoms with E-state index >= 15 is 0 Å². The lowest BCUT2D eigenvalue weighted by molar-refractivity contribution is -0.119. The van der Waals surface area contributed by atoms with Gasteiger partial charge in [-0.25, -0.2) is 9.18 Å². The van der Waals surface area contributed by atoms with Crippen LogP contribution in [0.4, 0.5) is 10.1 Å². The molecular weight excluding hydrogens is 373 g/mol. The highest BCUT2D eigenvalue weighted by molar-refractivity contribution is 6.09. The maximum Gasteiger partial charge on any atom is 0.338 e. The van der Waals surface area contributed by atoms with E-state index in [1.54, 1.807) is 37.3 Å². The van der Waals surface area contributed by atoms with Gasteiger partial charge in [0.15, 0.2) is 12.4 Å². The zero-order valence-corrected chi connectivity index (χ0v) is 15.6. The van der Waals surface area contributed by atoms with Gasteiger partial charge >= 0.3 is 5.97 Å². The summed E-state index contributed by atoms with van der Waals surface area (Å²) in [6.45, 7) is 1.10. The number of benzene rings is 3. The summed E-state index contributed by atoms with van der Waals surface area (Å²) >= 11 is 0. The van der Waals surface area contributed by atoms with Gasteiger partial charge in [-0.3, -0.25) is 9.59 Å². The van der Waals surface area contributed by atoms with E-state index in [0.717, 1.165) is 0 Å². The van der Waals surface area contributed by atoms with Gasteiger partial charge in [-0.2, -0.15) is 0 Å². The maximum absolute atomic E-state index is 13.5. The standard InChI is InChI=1S/C23H18FNO4/c1-15-7-12-19(13-20(15)24)25-21(26)14-29-23(28)18-10-8-17(9-11-18)22(27)16-5-3-2-4-6-16/h2-13H,14H2,1H3,(H,25,26). The summed E-state index contributed by atoms with van der Waals surface area (Å²) in [4.78, 5) is 36.4. The number of carbonyl (C=O) groups excluding carboxylic acids is 3. The average molecular weight is 391 g/mol. The van der Waals surface area contributed by atoms with Gasteiger partial charge in [-0.15, -0.1) is 0 Å². The number of halogens is 1. The molecule has 146 valence electrons. The molecule has 0 saturated heterocycles. The molecule has 0 saturated carbocycles. The highest BCUT2D eigenvalue weighted by Gasteiger charge is 2.13. The number of hydrogen-bond acceptors (Lipinski definition) is 4. The fourth-order valence-corrected chi connectivity index (χ4v) is 2.60. The number of anilines is 1. The van der Waals surface area contributed by atoms with E-state index in [-0.39, 0.29) is 17.0 Å². The van der Waals surface area contributed by atoms with Crippen molar-refractivity contribution < 1.29 is 23.5 Å². The lowest BCUT2D eigenvalue weighted by Crippen LogP contribution is -2.21. The molecule has 6 heteroatoms. The molecule has 0 unspecified atom stereocenters. The van der Waals surface area contributed by atoms with E-state index in [2.05, 4.69) is 5.32 Å². The number of aryl methyl sites for hydroxylation is 1. The van der Waals surface area contributed by atoms with E-state index in [4.69, 9.17) is 4.74 Å². The SMILES string of the molecule is Cc1ccc(NC(=O)COC(=O)c2ccc(C(=O)c3ccccc3)cc2)cc1F. The number of esters is 1. The van der Waals surface area contributed by atoms with Crippen molar-refractivity contribution in [1.82, 2.24) is 0 Å². The highest BCUT2D eigenvalue weighted by Crippen LogP contribution is 2.14. The molecule has 1 N–H and O–H groups in total. The van der Waals surface area contributed by atoms with Crippen LogP contribution < -0.4 is 5.32 Å². The number of carbonyl (C=O) groups is 3. The third-order valence-electron chi connectivity index (χ3n) is 4.21. The lowest BCUT2D eigenvalue weighted by atomic mass is 10.0. The molecule has 0 bridgehead atoms. The summed E-state index contributed by atoms with van der Waals surface area (Å²) in [5.74, 6) is -1.88. The van der Waals surface area contributed by atoms with Gasteiger partial charge in [0.2, 0.25) is 0 Å². The molecule has 0 radical (unpaired) electrons. The second-order valence-corrected chi connectivity index (χ2v) is 6.36. The van der Waals surface area contributed by atoms with Crippen molar-refractivity contribution in [3.05, 3.63) is 101 Å². The molecule has 0 fully saturated rings. The summed E-state index contributed by atoms with van der Waals surface area (Å²) in [6, 6.07) is 19.1. The molecule has 0 aliphatic heterocycles. The number of ketones is 1. The Morgan fingerprint density at radius 1 is 0.862 bits per heavy atom. The third-order valence-corrected chi connectivity index (χ3v) is 4.21. The molecule has 0 atom stereocenters. The topological polar surface area (TPSA) is 72.5 Å². The quantitative estimate of drug-likeness (QED) is 0.506. The van der Waals surface area contributed by atoms with E-state index in [1.165, 1.54) is 36.4 Å². The minimum absolute atomic E-state index is 0.157. The van der Waals surface area contributed by atoms with Crippen LogP contribution in [0.2, 0.25) is 0 Å². The normalized spacial score (nSPS) is 10.3. The van der Waals surface area contributed by atoms with Crippen molar-refractivity contribution in [2.75, 3.05) is 11.9 Å². The molecule has 0 aromatic heterocycles. The fraction of sp³-hybridized carbons (Fsp3) is 0.0870. The summed E-state index contributed by atoms with van der Waals surface area (Å²) < 4.78 is 18.5. The number of amides is 1. The largest absolute Gasteiger partial charge is 0.452 e. The van der Waals surface area contributed by atoms with Gasteiger partial charge in [0.1, 0.15) is 5.82 Å². The van der Waals surface area contributed by atoms with Crippen LogP contribution in [-0.2, 0) is 9.53 Å². The fourth-order valence-electron chi connectivity index (χ4n) is 2.60. The van der Waals surface area contributed by atoms with Crippen molar-refractivity contribution in [2.45, 2.75) is 6.92 Å². The third kappa shape index (κ3) is 5.13. The maximum atomic E-state index is 13.5. The Kier molecular flexibility index (Phi) is 6.14. The van der Waals surface area contributed by atoms with Crippen LogP contribution in [0.15, 0.2) is 72.8 Å². The Morgan fingerprint density at radius 2 is 1.48 bits per heavy atom. The molecule has 0 spiro atoms. The molecule has 0 heterocycles. The number of rotatable bonds is 6. The summed E-state index contributed by atoms with van der Waals surface area (Å²) in [6.07, 6.45) is 0. The molecule has 0 aliphatic rings. The van der Waals surface area contributed by atoms with E-state index in [1.807, 2.05) is 6.07 Å². The zero-order chi connectivity index (χ0) is 20.8. The molecule has 1 amide bonds. The Hall–Kier alpha value is -3.80. The van der Waals surface area contributed by atoms with Crippen molar-refractivity contribution in [3.63, 3.8) is 0 Å². The van der Waals surface area contributed by atoms with E-state index < -0.39 is 24.3 Å². The summed E-state index contributed by atoms with van der Waals surface area (Å²) in [5, 5.41) is 2.46. The summed E-state index contributed by atoms with van der Waals surface area (Å²) in [5.41, 5.74) is 1.93. The van der Waals surface area contributed by atoms with Gasteiger partial charge in [0.05, 0.1) is 5.56 Å². The minimum atomic E-state index is -0.700. The monoisotopic (exact) mass is 391 g/mol. The van der Waals surface area contributed by atoms with Gasteiger partial charge in [0.25, 0.3) is 5.91 Å². The first-order chi connectivity index (χ1) is 13.9. The first-order valence-corrected chi connectivity index (χ1v) is 8.87. The van der Waals surface area contributed by atoms with Gasteiger partial charge in [-0.1, -0.05) is 48.5 Å². The summed E-state index contributed by atoms with van der Waals surface area (Å²) in [7, 11) is 0. The Labute approximate surface area is 167 Å². The van der Waals surface area contributed by atoms with Crippen molar-refractivity contribution in [1.29, 1.82) is 0 Å². The van der Waals surface area contributed by atoms with Gasteiger partial charge < -0.3 is 10.1 Å². The van der Waals surface area contributed by atoms with Crippen LogP contribution in [0.3, 0.4) is 0 Å². The Balaban J connectivity index is 1.56. The number of nitrogens with one attached hydrogen (secondary N) is 1. The lowest BCUT2D eigenvalue weighted by Gasteiger charge is -2.08. The van der Waals surface area contributed by atoms with Gasteiger partial charge in [-0.05, 0) is 36.8 Å². The van der Waals surface area contributed by atoms with Gasteiger partial charge in [0, 0.05) is 16.8 Å². The smallest absolute Gasteiger partial charge is 0.338 e. The van der Waals surface area contributed by atoms with E-state index in [0.29, 0.717) is 16.7 Å². The van der Waals surface area contributed by atoms with Crippen LogP contribution >= 0.6 is 0 Å². The molecule has 29 heavy (non-hydrogen) atoms. The minimum Gasteiger partial charge on any atom is -0.452 e. The molecule has 0 aliphatic carbocycles. The molecule has 3 aromatic rings. The van der Waals surface area contributed by atoms with Crippen molar-refractivity contribution in [2.24, 2.45) is 0 Å². The molecular formula is C23H18FNO4. The zero-order valence-electron chi connectivity index (χ0n) is 15.6. The average Bonchev–Trinajstić information content (AvgIpc) is 2.75. The Bertz CT molecular complexity index is 1050. The second kappa shape index (κ2) is 8.93.